The Hall–Kier alpha value is -2.86. The molecule has 0 saturated carbocycles. The van der Waals surface area contributed by atoms with Crippen molar-refractivity contribution >= 4 is 23.2 Å². The van der Waals surface area contributed by atoms with Crippen molar-refractivity contribution < 1.29 is 14.3 Å². The molecule has 0 aromatic heterocycles. The van der Waals surface area contributed by atoms with Crippen LogP contribution in [-0.4, -0.2) is 37.9 Å². The van der Waals surface area contributed by atoms with Crippen LogP contribution in [0.2, 0.25) is 0 Å². The van der Waals surface area contributed by atoms with Crippen LogP contribution in [0.1, 0.15) is 29.8 Å². The number of rotatable bonds is 7. The highest BCUT2D eigenvalue weighted by molar-refractivity contribution is 6.07. The molecule has 2 N–H and O–H groups in total. The summed E-state index contributed by atoms with van der Waals surface area (Å²) < 4.78 is 5.24. The average molecular weight is 369 g/mol. The van der Waals surface area contributed by atoms with Crippen molar-refractivity contribution in [3.63, 3.8) is 0 Å². The lowest BCUT2D eigenvalue weighted by Crippen LogP contribution is -2.20. The minimum atomic E-state index is -0.246. The molecular weight excluding hydrogens is 342 g/mol. The fraction of sp³-hybridized carbons (Fsp3) is 0.333. The Bertz CT molecular complexity index is 816. The highest BCUT2D eigenvalue weighted by atomic mass is 16.5. The number of carbonyl (C=O) groups is 2. The maximum Gasteiger partial charge on any atom is 0.255 e. The van der Waals surface area contributed by atoms with Crippen molar-refractivity contribution in [3.8, 4) is 5.75 Å². The van der Waals surface area contributed by atoms with E-state index in [9.17, 15) is 9.59 Å². The first-order chi connectivity index (χ1) is 12.8. The molecule has 2 aromatic rings. The van der Waals surface area contributed by atoms with Gasteiger partial charge in [-0.2, -0.15) is 0 Å². The number of benzene rings is 2. The lowest BCUT2D eigenvalue weighted by atomic mass is 10.1. The Labute approximate surface area is 160 Å². The first-order valence-corrected chi connectivity index (χ1v) is 8.84. The van der Waals surface area contributed by atoms with Crippen molar-refractivity contribution in [3.05, 3.63) is 53.6 Å². The molecule has 6 heteroatoms. The summed E-state index contributed by atoms with van der Waals surface area (Å²) in [6.45, 7) is 4.37. The predicted molar refractivity (Wildman–Crippen MR) is 108 cm³/mol. The largest absolute Gasteiger partial charge is 0.497 e. The molecule has 0 unspecified atom stereocenters. The Kier molecular flexibility index (Phi) is 6.96. The van der Waals surface area contributed by atoms with Gasteiger partial charge in [0.05, 0.1) is 18.5 Å². The van der Waals surface area contributed by atoms with E-state index >= 15 is 0 Å². The second kappa shape index (κ2) is 9.19. The Balaban J connectivity index is 2.26. The van der Waals surface area contributed by atoms with E-state index in [0.29, 0.717) is 22.7 Å². The topological polar surface area (TPSA) is 70.7 Å². The molecule has 0 fully saturated rings. The second-order valence-corrected chi connectivity index (χ2v) is 6.95. The quantitative estimate of drug-likeness (QED) is 0.782. The number of hydrogen-bond acceptors (Lipinski definition) is 4. The van der Waals surface area contributed by atoms with Crippen LogP contribution in [-0.2, 0) is 11.3 Å². The van der Waals surface area contributed by atoms with E-state index in [4.69, 9.17) is 4.74 Å². The van der Waals surface area contributed by atoms with Crippen molar-refractivity contribution in [2.75, 3.05) is 31.8 Å². The van der Waals surface area contributed by atoms with E-state index in [2.05, 4.69) is 10.6 Å². The molecule has 27 heavy (non-hydrogen) atoms. The van der Waals surface area contributed by atoms with Crippen LogP contribution in [0.5, 0.6) is 5.75 Å². The summed E-state index contributed by atoms with van der Waals surface area (Å²) in [5, 5.41) is 5.72. The minimum Gasteiger partial charge on any atom is -0.497 e. The normalized spacial score (nSPS) is 10.8. The standard InChI is InChI=1S/C21H27N3O3/c1-14(2)20(25)22-18-10-9-17(27-5)12-19(18)23-21(26)16-8-6-7-15(11-16)13-24(3)4/h6-12,14H,13H2,1-5H3,(H,22,25)(H,23,26). The SMILES string of the molecule is COc1ccc(NC(=O)C(C)C)c(NC(=O)c2cccc(CN(C)C)c2)c1. The van der Waals surface area contributed by atoms with E-state index in [1.54, 1.807) is 31.4 Å². The van der Waals surface area contributed by atoms with Gasteiger partial charge in [-0.25, -0.2) is 0 Å². The fourth-order valence-electron chi connectivity index (χ4n) is 2.51. The molecule has 0 aliphatic rings. The highest BCUT2D eigenvalue weighted by Gasteiger charge is 2.14. The Morgan fingerprint density at radius 2 is 1.78 bits per heavy atom. The first-order valence-electron chi connectivity index (χ1n) is 8.84. The maximum atomic E-state index is 12.7. The smallest absolute Gasteiger partial charge is 0.255 e. The average Bonchev–Trinajstić information content (AvgIpc) is 2.62. The lowest BCUT2D eigenvalue weighted by Gasteiger charge is -2.15. The van der Waals surface area contributed by atoms with Gasteiger partial charge in [-0.05, 0) is 43.9 Å². The van der Waals surface area contributed by atoms with E-state index in [0.717, 1.165) is 12.1 Å². The second-order valence-electron chi connectivity index (χ2n) is 6.95. The van der Waals surface area contributed by atoms with Crippen LogP contribution in [0.3, 0.4) is 0 Å². The number of anilines is 2. The van der Waals surface area contributed by atoms with Gasteiger partial charge in [0.25, 0.3) is 5.91 Å². The van der Waals surface area contributed by atoms with Crippen molar-refractivity contribution in [2.45, 2.75) is 20.4 Å². The molecule has 0 radical (unpaired) electrons. The predicted octanol–water partition coefficient (Wildman–Crippen LogP) is 3.60. The van der Waals surface area contributed by atoms with Gasteiger partial charge < -0.3 is 20.3 Å². The number of amides is 2. The van der Waals surface area contributed by atoms with Crippen LogP contribution < -0.4 is 15.4 Å². The van der Waals surface area contributed by atoms with Gasteiger partial charge in [0.1, 0.15) is 5.75 Å². The third-order valence-electron chi connectivity index (χ3n) is 3.95. The fourth-order valence-corrected chi connectivity index (χ4v) is 2.51. The monoisotopic (exact) mass is 369 g/mol. The summed E-state index contributed by atoms with van der Waals surface area (Å²) in [6, 6.07) is 12.6. The summed E-state index contributed by atoms with van der Waals surface area (Å²) in [5.74, 6) is 0.0557. The third kappa shape index (κ3) is 5.82. The van der Waals surface area contributed by atoms with Gasteiger partial charge in [0.2, 0.25) is 5.91 Å². The van der Waals surface area contributed by atoms with E-state index in [1.807, 2.05) is 51.0 Å². The highest BCUT2D eigenvalue weighted by Crippen LogP contribution is 2.28. The minimum absolute atomic E-state index is 0.122. The van der Waals surface area contributed by atoms with Gasteiger partial charge in [-0.15, -0.1) is 0 Å². The molecule has 144 valence electrons. The summed E-state index contributed by atoms with van der Waals surface area (Å²) in [6.07, 6.45) is 0. The molecule has 0 atom stereocenters. The molecule has 2 amide bonds. The molecule has 2 aromatic carbocycles. The molecule has 2 rings (SSSR count). The number of nitrogens with one attached hydrogen (secondary N) is 2. The first kappa shape index (κ1) is 20.5. The van der Waals surface area contributed by atoms with E-state index < -0.39 is 0 Å². The van der Waals surface area contributed by atoms with Crippen LogP contribution in [0.25, 0.3) is 0 Å². The maximum absolute atomic E-state index is 12.7. The van der Waals surface area contributed by atoms with Crippen molar-refractivity contribution in [1.82, 2.24) is 4.90 Å². The Morgan fingerprint density at radius 3 is 2.41 bits per heavy atom. The molecule has 0 spiro atoms. The zero-order valence-electron chi connectivity index (χ0n) is 16.5. The molecule has 6 nitrogen and oxygen atoms in total. The van der Waals surface area contributed by atoms with Crippen molar-refractivity contribution in [1.29, 1.82) is 0 Å². The molecule has 0 heterocycles. The van der Waals surface area contributed by atoms with Crippen LogP contribution in [0.15, 0.2) is 42.5 Å². The summed E-state index contributed by atoms with van der Waals surface area (Å²) in [5.41, 5.74) is 2.63. The molecule has 0 aliphatic heterocycles. The molecular formula is C21H27N3O3. The van der Waals surface area contributed by atoms with Crippen LogP contribution in [0.4, 0.5) is 11.4 Å². The summed E-state index contributed by atoms with van der Waals surface area (Å²) >= 11 is 0. The van der Waals surface area contributed by atoms with Gasteiger partial charge in [-0.3, -0.25) is 9.59 Å². The van der Waals surface area contributed by atoms with Gasteiger partial charge in [0, 0.05) is 24.1 Å². The van der Waals surface area contributed by atoms with E-state index in [-0.39, 0.29) is 17.7 Å². The molecule has 0 saturated heterocycles. The molecule has 0 bridgehead atoms. The number of carbonyl (C=O) groups excluding carboxylic acids is 2. The van der Waals surface area contributed by atoms with Gasteiger partial charge in [0.15, 0.2) is 0 Å². The lowest BCUT2D eigenvalue weighted by molar-refractivity contribution is -0.118. The zero-order valence-corrected chi connectivity index (χ0v) is 16.5. The number of hydrogen-bond donors (Lipinski definition) is 2. The number of methoxy groups -OCH3 is 1. The van der Waals surface area contributed by atoms with Crippen LogP contribution in [0, 0.1) is 5.92 Å². The van der Waals surface area contributed by atoms with E-state index in [1.165, 1.54) is 0 Å². The zero-order chi connectivity index (χ0) is 20.0. The van der Waals surface area contributed by atoms with Crippen LogP contribution >= 0.6 is 0 Å². The van der Waals surface area contributed by atoms with Gasteiger partial charge >= 0.3 is 0 Å². The summed E-state index contributed by atoms with van der Waals surface area (Å²) in [4.78, 5) is 26.8. The molecule has 0 aliphatic carbocycles. The summed E-state index contributed by atoms with van der Waals surface area (Å²) in [7, 11) is 5.51. The number of nitrogens with zero attached hydrogens (tertiary/aromatic N) is 1. The Morgan fingerprint density at radius 1 is 1.04 bits per heavy atom. The van der Waals surface area contributed by atoms with Crippen molar-refractivity contribution in [2.24, 2.45) is 5.92 Å². The van der Waals surface area contributed by atoms with Gasteiger partial charge in [-0.1, -0.05) is 26.0 Å². The third-order valence-corrected chi connectivity index (χ3v) is 3.95. The number of ether oxygens (including phenoxy) is 1.